The summed E-state index contributed by atoms with van der Waals surface area (Å²) in [6, 6.07) is 2.99. The first-order valence-corrected chi connectivity index (χ1v) is 5.56. The molecule has 0 N–H and O–H groups in total. The van der Waals surface area contributed by atoms with E-state index < -0.39 is 11.9 Å². The molecule has 0 bridgehead atoms. The molecule has 18 heavy (non-hydrogen) atoms. The van der Waals surface area contributed by atoms with Crippen LogP contribution in [0.5, 0.6) is 0 Å². The van der Waals surface area contributed by atoms with Crippen LogP contribution in [0.3, 0.4) is 0 Å². The molecule has 1 aromatic rings. The first kappa shape index (κ1) is 12.6. The first-order chi connectivity index (χ1) is 8.52. The van der Waals surface area contributed by atoms with Crippen LogP contribution < -0.4 is 4.90 Å². The highest BCUT2D eigenvalue weighted by Gasteiger charge is 2.35. The third-order valence-electron chi connectivity index (χ3n) is 2.64. The van der Waals surface area contributed by atoms with Crippen molar-refractivity contribution in [3.8, 4) is 6.07 Å². The molecular formula is C11H11F3N4. The summed E-state index contributed by atoms with van der Waals surface area (Å²) in [6.45, 7) is 0.364. The summed E-state index contributed by atoms with van der Waals surface area (Å²) in [5.41, 5.74) is -0.949. The second-order valence-corrected chi connectivity index (χ2v) is 4.07. The fourth-order valence-corrected chi connectivity index (χ4v) is 1.65. The zero-order valence-corrected chi connectivity index (χ0v) is 9.48. The van der Waals surface area contributed by atoms with Crippen molar-refractivity contribution < 1.29 is 13.2 Å². The van der Waals surface area contributed by atoms with Gasteiger partial charge < -0.3 is 4.90 Å². The van der Waals surface area contributed by atoms with Crippen LogP contribution in [0.25, 0.3) is 0 Å². The van der Waals surface area contributed by atoms with Crippen molar-refractivity contribution in [2.24, 2.45) is 0 Å². The Hall–Kier alpha value is -1.84. The van der Waals surface area contributed by atoms with Gasteiger partial charge in [0.1, 0.15) is 5.69 Å². The van der Waals surface area contributed by atoms with E-state index in [0.717, 1.165) is 25.1 Å². The Morgan fingerprint density at radius 2 is 2.17 bits per heavy atom. The standard InChI is InChI=1S/C11H11F3N4/c12-11(13,14)9-4-6-16-10(17-9)18(7-1-5-15)8-2-3-8/h4,6,8H,1-3,7H2. The minimum atomic E-state index is -4.47. The number of hydrogen-bond acceptors (Lipinski definition) is 4. The molecule has 1 aliphatic rings. The monoisotopic (exact) mass is 256 g/mol. The smallest absolute Gasteiger partial charge is 0.337 e. The zero-order chi connectivity index (χ0) is 13.2. The van der Waals surface area contributed by atoms with Crippen LogP contribution in [0.2, 0.25) is 0 Å². The summed E-state index contributed by atoms with van der Waals surface area (Å²) in [6.07, 6.45) is -1.30. The second kappa shape index (κ2) is 4.80. The lowest BCUT2D eigenvalue weighted by atomic mass is 10.3. The van der Waals surface area contributed by atoms with Gasteiger partial charge in [-0.1, -0.05) is 0 Å². The highest BCUT2D eigenvalue weighted by molar-refractivity contribution is 5.35. The highest BCUT2D eigenvalue weighted by Crippen LogP contribution is 2.32. The van der Waals surface area contributed by atoms with Crippen molar-refractivity contribution in [1.82, 2.24) is 9.97 Å². The molecule has 0 amide bonds. The SMILES string of the molecule is N#CCCN(c1nccc(C(F)(F)F)n1)C1CC1. The lowest BCUT2D eigenvalue weighted by Crippen LogP contribution is -2.29. The summed E-state index contributed by atoms with van der Waals surface area (Å²) < 4.78 is 37.6. The summed E-state index contributed by atoms with van der Waals surface area (Å²) in [5.74, 6) is 0.0579. The Morgan fingerprint density at radius 3 is 2.72 bits per heavy atom. The van der Waals surface area contributed by atoms with Gasteiger partial charge in [0, 0.05) is 18.8 Å². The van der Waals surface area contributed by atoms with Crippen molar-refractivity contribution in [3.63, 3.8) is 0 Å². The van der Waals surface area contributed by atoms with E-state index in [2.05, 4.69) is 9.97 Å². The molecule has 0 atom stereocenters. The molecule has 0 aliphatic heterocycles. The molecule has 0 spiro atoms. The van der Waals surface area contributed by atoms with Crippen molar-refractivity contribution in [2.45, 2.75) is 31.5 Å². The summed E-state index contributed by atoms with van der Waals surface area (Å²) in [4.78, 5) is 9.09. The number of rotatable bonds is 4. The van der Waals surface area contributed by atoms with Gasteiger partial charge in [-0.15, -0.1) is 0 Å². The molecule has 1 heterocycles. The third-order valence-corrected chi connectivity index (χ3v) is 2.64. The second-order valence-electron chi connectivity index (χ2n) is 4.07. The van der Waals surface area contributed by atoms with Crippen LogP contribution in [0.1, 0.15) is 25.0 Å². The molecule has 0 saturated heterocycles. The number of alkyl halides is 3. The summed E-state index contributed by atoms with van der Waals surface area (Å²) in [7, 11) is 0. The Bertz CT molecular complexity index is 462. The molecule has 0 aromatic carbocycles. The van der Waals surface area contributed by atoms with Gasteiger partial charge >= 0.3 is 6.18 Å². The molecule has 2 rings (SSSR count). The van der Waals surface area contributed by atoms with Crippen molar-refractivity contribution in [2.75, 3.05) is 11.4 Å². The molecule has 96 valence electrons. The van der Waals surface area contributed by atoms with Crippen molar-refractivity contribution in [1.29, 1.82) is 5.26 Å². The quantitative estimate of drug-likeness (QED) is 0.829. The molecular weight excluding hydrogens is 245 g/mol. The lowest BCUT2D eigenvalue weighted by Gasteiger charge is -2.21. The Kier molecular flexibility index (Phi) is 3.36. The van der Waals surface area contributed by atoms with Gasteiger partial charge in [-0.05, 0) is 18.9 Å². The fraction of sp³-hybridized carbons (Fsp3) is 0.545. The Labute approximate surface area is 102 Å². The Balaban J connectivity index is 2.22. The van der Waals surface area contributed by atoms with Crippen LogP contribution in [0.4, 0.5) is 19.1 Å². The fourth-order valence-electron chi connectivity index (χ4n) is 1.65. The number of hydrogen-bond donors (Lipinski definition) is 0. The third kappa shape index (κ3) is 2.88. The molecule has 4 nitrogen and oxygen atoms in total. The number of nitrogens with zero attached hydrogens (tertiary/aromatic N) is 4. The topological polar surface area (TPSA) is 52.8 Å². The van der Waals surface area contributed by atoms with Crippen molar-refractivity contribution in [3.05, 3.63) is 18.0 Å². The van der Waals surface area contributed by atoms with Crippen molar-refractivity contribution >= 4 is 5.95 Å². The molecule has 1 aliphatic carbocycles. The average molecular weight is 256 g/mol. The van der Waals surface area contributed by atoms with Gasteiger partial charge in [-0.3, -0.25) is 0 Å². The minimum absolute atomic E-state index is 0.0579. The molecule has 7 heteroatoms. The van der Waals surface area contributed by atoms with E-state index in [1.54, 1.807) is 4.90 Å². The maximum atomic E-state index is 12.5. The van der Waals surface area contributed by atoms with Gasteiger partial charge in [-0.2, -0.15) is 18.4 Å². The van der Waals surface area contributed by atoms with E-state index in [1.165, 1.54) is 0 Å². The highest BCUT2D eigenvalue weighted by atomic mass is 19.4. The van der Waals surface area contributed by atoms with E-state index >= 15 is 0 Å². The van der Waals surface area contributed by atoms with Crippen LogP contribution in [0, 0.1) is 11.3 Å². The number of anilines is 1. The van der Waals surface area contributed by atoms with E-state index in [-0.39, 0.29) is 18.4 Å². The maximum absolute atomic E-state index is 12.5. The largest absolute Gasteiger partial charge is 0.433 e. The normalized spacial score (nSPS) is 15.2. The zero-order valence-electron chi connectivity index (χ0n) is 9.48. The van der Waals surface area contributed by atoms with Crippen LogP contribution in [0.15, 0.2) is 12.3 Å². The summed E-state index contributed by atoms with van der Waals surface area (Å²) in [5, 5.41) is 8.55. The van der Waals surface area contributed by atoms with E-state index in [1.807, 2.05) is 6.07 Å². The number of nitriles is 1. The van der Waals surface area contributed by atoms with Gasteiger partial charge in [0.05, 0.1) is 12.5 Å². The molecule has 1 fully saturated rings. The minimum Gasteiger partial charge on any atom is -0.337 e. The maximum Gasteiger partial charge on any atom is 0.433 e. The average Bonchev–Trinajstić information content (AvgIpc) is 3.13. The molecule has 0 unspecified atom stereocenters. The van der Waals surface area contributed by atoms with E-state index in [4.69, 9.17) is 5.26 Å². The first-order valence-electron chi connectivity index (χ1n) is 5.56. The van der Waals surface area contributed by atoms with Gasteiger partial charge in [0.25, 0.3) is 0 Å². The van der Waals surface area contributed by atoms with E-state index in [9.17, 15) is 13.2 Å². The molecule has 1 aromatic heterocycles. The van der Waals surface area contributed by atoms with Crippen LogP contribution in [-0.4, -0.2) is 22.6 Å². The van der Waals surface area contributed by atoms with E-state index in [0.29, 0.717) is 6.54 Å². The Morgan fingerprint density at radius 1 is 1.44 bits per heavy atom. The van der Waals surface area contributed by atoms with Gasteiger partial charge in [0.2, 0.25) is 5.95 Å². The van der Waals surface area contributed by atoms with Crippen LogP contribution >= 0.6 is 0 Å². The van der Waals surface area contributed by atoms with Gasteiger partial charge in [0.15, 0.2) is 0 Å². The van der Waals surface area contributed by atoms with Gasteiger partial charge in [-0.25, -0.2) is 9.97 Å². The molecule has 1 saturated carbocycles. The number of halogens is 3. The summed E-state index contributed by atoms with van der Waals surface area (Å²) >= 11 is 0. The van der Waals surface area contributed by atoms with Crippen LogP contribution in [-0.2, 0) is 6.18 Å². The predicted molar refractivity (Wildman–Crippen MR) is 57.6 cm³/mol. The molecule has 0 radical (unpaired) electrons. The number of aromatic nitrogens is 2. The lowest BCUT2D eigenvalue weighted by molar-refractivity contribution is -0.141. The predicted octanol–water partition coefficient (Wildman–Crippen LogP) is 2.38.